The van der Waals surface area contributed by atoms with Gasteiger partial charge in [0.05, 0.1) is 12.6 Å². The van der Waals surface area contributed by atoms with E-state index in [0.29, 0.717) is 5.92 Å². The Balaban J connectivity index is 1.86. The summed E-state index contributed by atoms with van der Waals surface area (Å²) in [6, 6.07) is 9.13. The second kappa shape index (κ2) is 14.2. The van der Waals surface area contributed by atoms with Gasteiger partial charge in [-0.25, -0.2) is 5.43 Å². The largest absolute Gasteiger partial charge is 0.478 e. The summed E-state index contributed by atoms with van der Waals surface area (Å²) in [6.45, 7) is 12.2. The highest BCUT2D eigenvalue weighted by atomic mass is 16.5. The van der Waals surface area contributed by atoms with E-state index in [1.54, 1.807) is 0 Å². The molecule has 5 nitrogen and oxygen atoms in total. The standard InChI is InChI=1S/C30H46N4O/c1-6-10-13-23(7-2)22-35-30-28(27-20-32-34(5)21-27)16-12-17-29(33-30)26-15-11-14-25(18-26)24(8-3)19-31-9-4/h8,11-12,14-16,18,21,23,29,31-33H,6-7,9-10,13,17,19-20,22H2,1-5H3/b24-8+. The zero-order valence-electron chi connectivity index (χ0n) is 22.5. The van der Waals surface area contributed by atoms with E-state index in [2.05, 4.69) is 92.4 Å². The molecule has 2 unspecified atom stereocenters. The van der Waals surface area contributed by atoms with Crippen molar-refractivity contribution in [3.8, 4) is 0 Å². The number of hydrogen-bond donors (Lipinski definition) is 3. The number of ether oxygens (including phenoxy) is 1. The Morgan fingerprint density at radius 3 is 2.83 bits per heavy atom. The summed E-state index contributed by atoms with van der Waals surface area (Å²) >= 11 is 0. The minimum Gasteiger partial charge on any atom is -0.478 e. The predicted molar refractivity (Wildman–Crippen MR) is 148 cm³/mol. The van der Waals surface area contributed by atoms with Crippen LogP contribution in [0.2, 0.25) is 0 Å². The van der Waals surface area contributed by atoms with E-state index < -0.39 is 0 Å². The van der Waals surface area contributed by atoms with E-state index in [-0.39, 0.29) is 6.04 Å². The first-order chi connectivity index (χ1) is 17.1. The molecular formula is C30H46N4O. The molecule has 35 heavy (non-hydrogen) atoms. The molecule has 0 saturated heterocycles. The van der Waals surface area contributed by atoms with Crippen molar-refractivity contribution in [2.75, 3.05) is 33.3 Å². The number of benzene rings is 1. The summed E-state index contributed by atoms with van der Waals surface area (Å²) in [5.41, 5.74) is 9.69. The lowest BCUT2D eigenvalue weighted by atomic mass is 9.97. The minimum absolute atomic E-state index is 0.166. The summed E-state index contributed by atoms with van der Waals surface area (Å²) < 4.78 is 6.59. The molecule has 0 amide bonds. The van der Waals surface area contributed by atoms with Gasteiger partial charge in [-0.05, 0) is 60.6 Å². The van der Waals surface area contributed by atoms with Crippen LogP contribution >= 0.6 is 0 Å². The monoisotopic (exact) mass is 478 g/mol. The van der Waals surface area contributed by atoms with Gasteiger partial charge in [0.25, 0.3) is 0 Å². The quantitative estimate of drug-likeness (QED) is 0.321. The molecule has 2 aliphatic rings. The van der Waals surface area contributed by atoms with Gasteiger partial charge >= 0.3 is 0 Å². The zero-order valence-corrected chi connectivity index (χ0v) is 22.5. The average Bonchev–Trinajstić information content (AvgIpc) is 3.19. The average molecular weight is 479 g/mol. The molecule has 0 radical (unpaired) electrons. The third kappa shape index (κ3) is 7.74. The van der Waals surface area contributed by atoms with Crippen LogP contribution in [-0.2, 0) is 4.74 Å². The van der Waals surface area contributed by atoms with Crippen molar-refractivity contribution in [2.24, 2.45) is 5.92 Å². The van der Waals surface area contributed by atoms with Crippen LogP contribution in [-0.4, -0.2) is 38.3 Å². The lowest BCUT2D eigenvalue weighted by Crippen LogP contribution is -2.25. The smallest absolute Gasteiger partial charge is 0.195 e. The maximum Gasteiger partial charge on any atom is 0.195 e. The highest BCUT2D eigenvalue weighted by Crippen LogP contribution is 2.30. The number of allylic oxidation sites excluding steroid dienone is 2. The van der Waals surface area contributed by atoms with Gasteiger partial charge in [0, 0.05) is 31.9 Å². The van der Waals surface area contributed by atoms with Crippen molar-refractivity contribution in [1.82, 2.24) is 21.1 Å². The van der Waals surface area contributed by atoms with E-state index >= 15 is 0 Å². The fourth-order valence-electron chi connectivity index (χ4n) is 4.67. The molecule has 3 N–H and O–H groups in total. The highest BCUT2D eigenvalue weighted by molar-refractivity contribution is 5.67. The van der Waals surface area contributed by atoms with Gasteiger partial charge in [-0.2, -0.15) is 0 Å². The molecule has 2 atom stereocenters. The maximum absolute atomic E-state index is 6.59. The molecule has 2 aliphatic heterocycles. The second-order valence-corrected chi connectivity index (χ2v) is 9.63. The maximum atomic E-state index is 6.59. The summed E-state index contributed by atoms with van der Waals surface area (Å²) in [4.78, 5) is 0. The van der Waals surface area contributed by atoms with Crippen molar-refractivity contribution >= 4 is 5.57 Å². The van der Waals surface area contributed by atoms with Crippen LogP contribution in [0.1, 0.15) is 77.0 Å². The normalized spacial score (nSPS) is 19.5. The fraction of sp³-hybridized carbons (Fsp3) is 0.533. The van der Waals surface area contributed by atoms with Crippen molar-refractivity contribution in [1.29, 1.82) is 0 Å². The molecular weight excluding hydrogens is 432 g/mol. The van der Waals surface area contributed by atoms with E-state index in [1.807, 2.05) is 12.1 Å². The Morgan fingerprint density at radius 2 is 2.14 bits per heavy atom. The summed E-state index contributed by atoms with van der Waals surface area (Å²) in [5, 5.41) is 9.30. The number of rotatable bonds is 13. The van der Waals surface area contributed by atoms with Crippen LogP contribution in [0.4, 0.5) is 0 Å². The van der Waals surface area contributed by atoms with Gasteiger partial charge in [-0.1, -0.05) is 76.5 Å². The molecule has 0 bridgehead atoms. The molecule has 1 aromatic rings. The fourth-order valence-corrected chi connectivity index (χ4v) is 4.67. The number of nitrogens with one attached hydrogen (secondary N) is 3. The van der Waals surface area contributed by atoms with Gasteiger partial charge in [0.1, 0.15) is 0 Å². The van der Waals surface area contributed by atoms with Crippen LogP contribution in [0.15, 0.2) is 65.7 Å². The molecule has 0 spiro atoms. The first kappa shape index (κ1) is 27.1. The molecule has 3 rings (SSSR count). The molecule has 0 aliphatic carbocycles. The Morgan fingerprint density at radius 1 is 1.29 bits per heavy atom. The lowest BCUT2D eigenvalue weighted by molar-refractivity contribution is 0.134. The molecule has 2 heterocycles. The van der Waals surface area contributed by atoms with Crippen LogP contribution in [0.5, 0.6) is 0 Å². The van der Waals surface area contributed by atoms with Gasteiger partial charge in [-0.3, -0.25) is 0 Å². The van der Waals surface area contributed by atoms with E-state index in [1.165, 1.54) is 41.5 Å². The summed E-state index contributed by atoms with van der Waals surface area (Å²) in [7, 11) is 2.04. The summed E-state index contributed by atoms with van der Waals surface area (Å²) in [5.74, 6) is 1.49. The molecule has 192 valence electrons. The third-order valence-corrected chi connectivity index (χ3v) is 7.00. The van der Waals surface area contributed by atoms with Gasteiger partial charge in [0.2, 0.25) is 0 Å². The second-order valence-electron chi connectivity index (χ2n) is 9.63. The van der Waals surface area contributed by atoms with Crippen LogP contribution in [0.25, 0.3) is 5.57 Å². The molecule has 5 heteroatoms. The van der Waals surface area contributed by atoms with Crippen molar-refractivity contribution in [3.63, 3.8) is 0 Å². The number of hydrazine groups is 1. The van der Waals surface area contributed by atoms with Crippen molar-refractivity contribution in [3.05, 3.63) is 76.8 Å². The molecule has 0 aromatic heterocycles. The first-order valence-electron chi connectivity index (χ1n) is 13.5. The topological polar surface area (TPSA) is 48.6 Å². The van der Waals surface area contributed by atoms with Gasteiger partial charge in [0.15, 0.2) is 5.88 Å². The van der Waals surface area contributed by atoms with Crippen LogP contribution < -0.4 is 16.1 Å². The van der Waals surface area contributed by atoms with Crippen LogP contribution in [0, 0.1) is 5.92 Å². The predicted octanol–water partition coefficient (Wildman–Crippen LogP) is 6.07. The molecule has 1 aromatic carbocycles. The Hall–Kier alpha value is -2.50. The zero-order chi connectivity index (χ0) is 25.0. The van der Waals surface area contributed by atoms with E-state index in [0.717, 1.165) is 50.5 Å². The molecule has 0 saturated carbocycles. The third-order valence-electron chi connectivity index (χ3n) is 7.00. The van der Waals surface area contributed by atoms with E-state index in [9.17, 15) is 0 Å². The van der Waals surface area contributed by atoms with Gasteiger partial charge in [-0.15, -0.1) is 0 Å². The SMILES string of the molecule is C/C=C(\CNCC)c1cccc(C2CC=CC(C3=CN(C)NC3)=C(OCC(CC)CCCC)N2)c1. The lowest BCUT2D eigenvalue weighted by Gasteiger charge is -2.24. The van der Waals surface area contributed by atoms with Crippen molar-refractivity contribution in [2.45, 2.75) is 65.8 Å². The van der Waals surface area contributed by atoms with E-state index in [4.69, 9.17) is 4.74 Å². The van der Waals surface area contributed by atoms with Crippen molar-refractivity contribution < 1.29 is 4.74 Å². The first-order valence-corrected chi connectivity index (χ1v) is 13.5. The Kier molecular flexibility index (Phi) is 11.0. The number of likely N-dealkylation sites (N-methyl/N-ethyl adjacent to an activating group) is 1. The highest BCUT2D eigenvalue weighted by Gasteiger charge is 2.23. The van der Waals surface area contributed by atoms with Gasteiger partial charge < -0.3 is 20.4 Å². The Labute approximate surface area is 213 Å². The Bertz CT molecular complexity index is 930. The van der Waals surface area contributed by atoms with Crippen LogP contribution in [0.3, 0.4) is 0 Å². The number of hydrogen-bond acceptors (Lipinski definition) is 5. The number of unbranched alkanes of at least 4 members (excludes halogenated alkanes) is 1. The molecule has 0 fully saturated rings. The minimum atomic E-state index is 0.166. The number of nitrogens with zero attached hydrogens (tertiary/aromatic N) is 1. The summed E-state index contributed by atoms with van der Waals surface area (Å²) in [6.07, 6.45) is 14.7.